The molecular weight excluding hydrogens is 144 g/mol. The second-order valence-corrected chi connectivity index (χ2v) is 2.00. The summed E-state index contributed by atoms with van der Waals surface area (Å²) in [6, 6.07) is 0. The van der Waals surface area contributed by atoms with Gasteiger partial charge >= 0.3 is 0 Å². The van der Waals surface area contributed by atoms with Crippen molar-refractivity contribution in [2.75, 3.05) is 19.8 Å². The van der Waals surface area contributed by atoms with Gasteiger partial charge in [0.2, 0.25) is 0 Å². The lowest BCUT2D eigenvalue weighted by Gasteiger charge is -2.01. The van der Waals surface area contributed by atoms with E-state index in [0.29, 0.717) is 13.2 Å². The van der Waals surface area contributed by atoms with Gasteiger partial charge in [-0.3, -0.25) is 0 Å². The third kappa shape index (κ3) is 9.46. The fraction of sp³-hybridized carbons (Fsp3) is 0.750. The summed E-state index contributed by atoms with van der Waals surface area (Å²) < 4.78 is 5.13. The van der Waals surface area contributed by atoms with Crippen LogP contribution >= 0.6 is 0 Å². The summed E-state index contributed by atoms with van der Waals surface area (Å²) in [5, 5.41) is 0. The van der Waals surface area contributed by atoms with Crippen LogP contribution in [0.15, 0.2) is 12.3 Å². The maximum Gasteiger partial charge on any atom is 0.125 e. The average Bonchev–Trinajstić information content (AvgIpc) is 2.03. The zero-order valence-corrected chi connectivity index (χ0v) is 7.21. The van der Waals surface area contributed by atoms with Crippen LogP contribution in [0.3, 0.4) is 0 Å². The molecule has 0 saturated heterocycles. The van der Waals surface area contributed by atoms with Crippen LogP contribution in [0, 0.1) is 0 Å². The summed E-state index contributed by atoms with van der Waals surface area (Å²) in [4.78, 5) is 9.31. The Morgan fingerprint density at radius 3 is 2.64 bits per heavy atom. The van der Waals surface area contributed by atoms with Crippen molar-refractivity contribution in [3.05, 3.63) is 12.3 Å². The fourth-order valence-electron chi connectivity index (χ4n) is 0.482. The van der Waals surface area contributed by atoms with Crippen molar-refractivity contribution in [3.8, 4) is 0 Å². The summed E-state index contributed by atoms with van der Waals surface area (Å²) in [6.45, 7) is 5.77. The van der Waals surface area contributed by atoms with E-state index in [1.54, 1.807) is 6.08 Å². The Balaban J connectivity index is 2.79. The normalized spacial score (nSPS) is 10.7. The van der Waals surface area contributed by atoms with Crippen LogP contribution in [0.2, 0.25) is 0 Å². The van der Waals surface area contributed by atoms with E-state index in [9.17, 15) is 0 Å². The van der Waals surface area contributed by atoms with Gasteiger partial charge < -0.3 is 9.62 Å². The van der Waals surface area contributed by atoms with Crippen LogP contribution in [0.5, 0.6) is 0 Å². The Labute approximate surface area is 67.9 Å². The molecule has 0 spiro atoms. The van der Waals surface area contributed by atoms with Crippen LogP contribution in [-0.4, -0.2) is 19.8 Å². The first-order valence-corrected chi connectivity index (χ1v) is 3.89. The minimum absolute atomic E-state index is 0.477. The molecule has 0 aromatic heterocycles. The van der Waals surface area contributed by atoms with Crippen molar-refractivity contribution >= 4 is 0 Å². The third-order valence-corrected chi connectivity index (χ3v) is 0.919. The first kappa shape index (κ1) is 10.5. The number of allylic oxidation sites excluding steroid dienone is 1. The zero-order valence-electron chi connectivity index (χ0n) is 7.21. The van der Waals surface area contributed by atoms with Crippen molar-refractivity contribution < 1.29 is 14.5 Å². The summed E-state index contributed by atoms with van der Waals surface area (Å²) in [5.41, 5.74) is 0. The van der Waals surface area contributed by atoms with Gasteiger partial charge in [0.25, 0.3) is 0 Å². The Hall–Kier alpha value is -0.540. The number of rotatable bonds is 7. The molecule has 0 radical (unpaired) electrons. The third-order valence-electron chi connectivity index (χ3n) is 0.919. The molecular formula is C8H16O3. The van der Waals surface area contributed by atoms with Gasteiger partial charge in [0.1, 0.15) is 12.9 Å². The molecule has 0 fully saturated rings. The fourth-order valence-corrected chi connectivity index (χ4v) is 0.482. The standard InChI is InChI=1S/C8H16O3/c1-3-5-9-7-8-11-10-6-4-2/h4,6H,3,5,7-8H2,1-2H3. The number of ether oxygens (including phenoxy) is 1. The number of hydrogen-bond donors (Lipinski definition) is 0. The molecule has 0 aromatic rings. The van der Waals surface area contributed by atoms with Crippen molar-refractivity contribution in [1.82, 2.24) is 0 Å². The Morgan fingerprint density at radius 2 is 2.00 bits per heavy atom. The average molecular weight is 160 g/mol. The topological polar surface area (TPSA) is 27.7 Å². The summed E-state index contributed by atoms with van der Waals surface area (Å²) in [6.07, 6.45) is 4.28. The molecule has 0 rings (SSSR count). The molecule has 0 bridgehead atoms. The lowest BCUT2D eigenvalue weighted by Crippen LogP contribution is -2.03. The molecule has 0 amide bonds. The zero-order chi connectivity index (χ0) is 8.36. The molecule has 0 aromatic carbocycles. The van der Waals surface area contributed by atoms with Crippen LogP contribution < -0.4 is 0 Å². The van der Waals surface area contributed by atoms with E-state index in [1.807, 2.05) is 6.92 Å². The first-order valence-electron chi connectivity index (χ1n) is 3.89. The van der Waals surface area contributed by atoms with Gasteiger partial charge in [-0.05, 0) is 19.4 Å². The molecule has 3 nitrogen and oxygen atoms in total. The lowest BCUT2D eigenvalue weighted by atomic mass is 10.5. The van der Waals surface area contributed by atoms with Gasteiger partial charge in [0, 0.05) is 6.61 Å². The highest BCUT2D eigenvalue weighted by Gasteiger charge is 1.86. The van der Waals surface area contributed by atoms with Crippen LogP contribution in [0.4, 0.5) is 0 Å². The Kier molecular flexibility index (Phi) is 9.00. The van der Waals surface area contributed by atoms with Gasteiger partial charge in [-0.15, -0.1) is 0 Å². The minimum atomic E-state index is 0.477. The molecule has 11 heavy (non-hydrogen) atoms. The van der Waals surface area contributed by atoms with E-state index in [1.165, 1.54) is 6.26 Å². The van der Waals surface area contributed by atoms with E-state index in [-0.39, 0.29) is 0 Å². The lowest BCUT2D eigenvalue weighted by molar-refractivity contribution is -0.255. The molecule has 0 N–H and O–H groups in total. The summed E-state index contributed by atoms with van der Waals surface area (Å²) >= 11 is 0. The number of hydrogen-bond acceptors (Lipinski definition) is 3. The maximum atomic E-state index is 5.13. The van der Waals surface area contributed by atoms with Gasteiger partial charge in [-0.1, -0.05) is 6.92 Å². The van der Waals surface area contributed by atoms with E-state index < -0.39 is 0 Å². The second-order valence-electron chi connectivity index (χ2n) is 2.00. The monoisotopic (exact) mass is 160 g/mol. The van der Waals surface area contributed by atoms with E-state index in [4.69, 9.17) is 9.62 Å². The highest BCUT2D eigenvalue weighted by molar-refractivity contribution is 4.62. The Bertz CT molecular complexity index is 91.3. The predicted molar refractivity (Wildman–Crippen MR) is 43.0 cm³/mol. The van der Waals surface area contributed by atoms with Crippen LogP contribution in [-0.2, 0) is 14.5 Å². The van der Waals surface area contributed by atoms with Gasteiger partial charge in [-0.2, -0.15) is 4.89 Å². The van der Waals surface area contributed by atoms with E-state index in [2.05, 4.69) is 11.8 Å². The minimum Gasteiger partial charge on any atom is -0.379 e. The van der Waals surface area contributed by atoms with Crippen molar-refractivity contribution in [2.45, 2.75) is 20.3 Å². The smallest absolute Gasteiger partial charge is 0.125 e. The molecule has 0 aliphatic rings. The SMILES string of the molecule is CC=COOCCOCCC. The molecule has 0 heterocycles. The largest absolute Gasteiger partial charge is 0.379 e. The maximum absolute atomic E-state index is 5.13. The molecule has 0 atom stereocenters. The summed E-state index contributed by atoms with van der Waals surface area (Å²) in [7, 11) is 0. The highest BCUT2D eigenvalue weighted by Crippen LogP contribution is 1.83. The highest BCUT2D eigenvalue weighted by atomic mass is 17.2. The predicted octanol–water partition coefficient (Wildman–Crippen LogP) is 1.89. The van der Waals surface area contributed by atoms with Crippen molar-refractivity contribution in [1.29, 1.82) is 0 Å². The van der Waals surface area contributed by atoms with Gasteiger partial charge in [0.05, 0.1) is 6.61 Å². The van der Waals surface area contributed by atoms with Gasteiger partial charge in [0.15, 0.2) is 0 Å². The first-order chi connectivity index (χ1) is 5.41. The van der Waals surface area contributed by atoms with Crippen molar-refractivity contribution in [2.24, 2.45) is 0 Å². The molecule has 66 valence electrons. The summed E-state index contributed by atoms with van der Waals surface area (Å²) in [5.74, 6) is 0. The van der Waals surface area contributed by atoms with E-state index in [0.717, 1.165) is 13.0 Å². The van der Waals surface area contributed by atoms with E-state index >= 15 is 0 Å². The van der Waals surface area contributed by atoms with Crippen LogP contribution in [0.25, 0.3) is 0 Å². The van der Waals surface area contributed by atoms with Crippen LogP contribution in [0.1, 0.15) is 20.3 Å². The molecule has 0 aliphatic heterocycles. The quantitative estimate of drug-likeness (QED) is 0.246. The Morgan fingerprint density at radius 1 is 1.18 bits per heavy atom. The molecule has 0 aliphatic carbocycles. The van der Waals surface area contributed by atoms with Crippen molar-refractivity contribution in [3.63, 3.8) is 0 Å². The molecule has 0 saturated carbocycles. The second kappa shape index (κ2) is 9.46. The van der Waals surface area contributed by atoms with Gasteiger partial charge in [-0.25, -0.2) is 0 Å². The molecule has 0 unspecified atom stereocenters. The molecule has 3 heteroatoms.